The number of nitrogens with zero attached hydrogens (tertiary/aromatic N) is 1. The molecule has 2 nitrogen and oxygen atoms in total. The van der Waals surface area contributed by atoms with Crippen LogP contribution in [0.5, 0.6) is 0 Å². The maximum atomic E-state index is 4.16. The minimum absolute atomic E-state index is 1.07. The first-order chi connectivity index (χ1) is 8.74. The minimum Gasteiger partial charge on any atom is -0.247 e. The molecule has 0 atom stereocenters. The van der Waals surface area contributed by atoms with Crippen molar-refractivity contribution in [1.29, 1.82) is 0 Å². The molecule has 0 unspecified atom stereocenters. The third-order valence-corrected chi connectivity index (χ3v) is 3.55. The molecule has 92 valence electrons. The molecule has 4 heteroatoms. The summed E-state index contributed by atoms with van der Waals surface area (Å²) in [6.07, 6.45) is 1.80. The van der Waals surface area contributed by atoms with Gasteiger partial charge in [0.05, 0.1) is 6.21 Å². The molecule has 2 rings (SSSR count). The molecule has 0 bridgehead atoms. The molecule has 0 aromatic heterocycles. The van der Waals surface area contributed by atoms with Crippen molar-refractivity contribution in [2.45, 2.75) is 11.8 Å². The molecule has 0 aliphatic heterocycles. The van der Waals surface area contributed by atoms with Gasteiger partial charge in [0.15, 0.2) is 0 Å². The lowest BCUT2D eigenvalue weighted by Gasteiger charge is -2.00. The normalized spacial score (nSPS) is 10.8. The minimum atomic E-state index is 1.07. The Hall–Kier alpha value is -1.26. The zero-order chi connectivity index (χ0) is 12.8. The van der Waals surface area contributed by atoms with Crippen LogP contribution < -0.4 is 4.83 Å². The van der Waals surface area contributed by atoms with Gasteiger partial charge >= 0.3 is 0 Å². The number of aryl methyl sites for hydroxylation is 1. The summed E-state index contributed by atoms with van der Waals surface area (Å²) in [7, 11) is 0. The fraction of sp³-hybridized carbons (Fsp3) is 0.0714. The van der Waals surface area contributed by atoms with E-state index >= 15 is 0 Å². The molecular weight excluding hydrogens is 308 g/mol. The summed E-state index contributed by atoms with van der Waals surface area (Å²) in [5, 5.41) is 4.16. The van der Waals surface area contributed by atoms with Gasteiger partial charge in [-0.2, -0.15) is 5.10 Å². The summed E-state index contributed by atoms with van der Waals surface area (Å²) in [6.45, 7) is 2.08. The number of nitrogens with one attached hydrogen (secondary N) is 1. The van der Waals surface area contributed by atoms with Gasteiger partial charge in [-0.15, -0.1) is 0 Å². The van der Waals surface area contributed by atoms with Gasteiger partial charge in [-0.3, -0.25) is 0 Å². The van der Waals surface area contributed by atoms with E-state index in [4.69, 9.17) is 0 Å². The molecule has 2 aromatic rings. The van der Waals surface area contributed by atoms with Crippen LogP contribution in [0.1, 0.15) is 11.1 Å². The van der Waals surface area contributed by atoms with Gasteiger partial charge in [-0.25, -0.2) is 4.83 Å². The molecule has 0 heterocycles. The van der Waals surface area contributed by atoms with E-state index in [9.17, 15) is 0 Å². The van der Waals surface area contributed by atoms with E-state index in [1.807, 2.05) is 24.3 Å². The van der Waals surface area contributed by atoms with Crippen LogP contribution in [0.25, 0.3) is 0 Å². The smallest absolute Gasteiger partial charge is 0.0550 e. The lowest BCUT2D eigenvalue weighted by Crippen LogP contribution is -1.93. The second-order valence-corrected chi connectivity index (χ2v) is 5.59. The topological polar surface area (TPSA) is 24.4 Å². The average molecular weight is 321 g/mol. The molecule has 0 fully saturated rings. The zero-order valence-corrected chi connectivity index (χ0v) is 12.3. The third kappa shape index (κ3) is 4.20. The highest BCUT2D eigenvalue weighted by molar-refractivity contribution is 9.10. The van der Waals surface area contributed by atoms with Crippen molar-refractivity contribution >= 4 is 34.1 Å². The Morgan fingerprint density at radius 1 is 1.06 bits per heavy atom. The van der Waals surface area contributed by atoms with Crippen LogP contribution in [0.3, 0.4) is 0 Å². The predicted molar refractivity (Wildman–Crippen MR) is 81.9 cm³/mol. The first-order valence-corrected chi connectivity index (χ1v) is 7.12. The second kappa shape index (κ2) is 6.61. The Labute approximate surface area is 120 Å². The van der Waals surface area contributed by atoms with Crippen LogP contribution in [0, 0.1) is 6.92 Å². The summed E-state index contributed by atoms with van der Waals surface area (Å²) >= 11 is 4.89. The summed E-state index contributed by atoms with van der Waals surface area (Å²) < 4.78 is 1.07. The van der Waals surface area contributed by atoms with Crippen molar-refractivity contribution < 1.29 is 0 Å². The summed E-state index contributed by atoms with van der Waals surface area (Å²) in [4.78, 5) is 4.11. The van der Waals surface area contributed by atoms with E-state index in [0.29, 0.717) is 0 Å². The van der Waals surface area contributed by atoms with Crippen LogP contribution in [0.4, 0.5) is 0 Å². The lowest BCUT2D eigenvalue weighted by molar-refractivity contribution is 1.12. The van der Waals surface area contributed by atoms with E-state index in [2.05, 4.69) is 57.1 Å². The molecule has 0 spiro atoms. The number of halogens is 1. The van der Waals surface area contributed by atoms with Gasteiger partial charge in [-0.05, 0) is 36.8 Å². The molecule has 1 N–H and O–H groups in total. The van der Waals surface area contributed by atoms with Gasteiger partial charge in [0, 0.05) is 21.3 Å². The number of hydrogen-bond acceptors (Lipinski definition) is 3. The molecule has 0 saturated heterocycles. The largest absolute Gasteiger partial charge is 0.247 e. The average Bonchev–Trinajstić information content (AvgIpc) is 2.39. The third-order valence-electron chi connectivity index (χ3n) is 2.32. The highest BCUT2D eigenvalue weighted by atomic mass is 79.9. The number of rotatable bonds is 4. The maximum absolute atomic E-state index is 4.16. The van der Waals surface area contributed by atoms with Crippen molar-refractivity contribution in [3.05, 3.63) is 64.1 Å². The van der Waals surface area contributed by atoms with E-state index in [0.717, 1.165) is 14.9 Å². The molecule has 2 aromatic carbocycles. The van der Waals surface area contributed by atoms with Gasteiger partial charge in [0.25, 0.3) is 0 Å². The van der Waals surface area contributed by atoms with Crippen LogP contribution in [-0.2, 0) is 0 Å². The Bertz CT molecular complexity index is 520. The number of hydrogen-bond donors (Lipinski definition) is 1. The Kier molecular flexibility index (Phi) is 4.84. The molecule has 0 aliphatic rings. The fourth-order valence-electron chi connectivity index (χ4n) is 1.34. The molecule has 18 heavy (non-hydrogen) atoms. The van der Waals surface area contributed by atoms with Crippen molar-refractivity contribution in [2.75, 3.05) is 0 Å². The quantitative estimate of drug-likeness (QED) is 0.513. The maximum Gasteiger partial charge on any atom is 0.0550 e. The molecular formula is C14H13BrN2S. The second-order valence-electron chi connectivity index (χ2n) is 3.82. The summed E-state index contributed by atoms with van der Waals surface area (Å²) in [6, 6.07) is 16.3. The fourth-order valence-corrected chi connectivity index (χ4v) is 2.08. The number of hydrazone groups is 1. The molecule has 0 saturated carbocycles. The van der Waals surface area contributed by atoms with Crippen LogP contribution in [0.15, 0.2) is 63.0 Å². The monoisotopic (exact) mass is 320 g/mol. The van der Waals surface area contributed by atoms with Crippen molar-refractivity contribution in [3.8, 4) is 0 Å². The molecule has 0 amide bonds. The van der Waals surface area contributed by atoms with Gasteiger partial charge in [-0.1, -0.05) is 45.8 Å². The van der Waals surface area contributed by atoms with E-state index in [1.54, 1.807) is 6.21 Å². The Morgan fingerprint density at radius 2 is 1.72 bits per heavy atom. The van der Waals surface area contributed by atoms with Gasteiger partial charge < -0.3 is 0 Å². The van der Waals surface area contributed by atoms with Gasteiger partial charge in [0.1, 0.15) is 0 Å². The van der Waals surface area contributed by atoms with Crippen molar-refractivity contribution in [2.24, 2.45) is 5.10 Å². The summed E-state index contributed by atoms with van der Waals surface area (Å²) in [5.41, 5.74) is 2.33. The van der Waals surface area contributed by atoms with Crippen LogP contribution in [0.2, 0.25) is 0 Å². The highest BCUT2D eigenvalue weighted by Crippen LogP contribution is 2.14. The molecule has 0 radical (unpaired) electrons. The number of benzene rings is 2. The van der Waals surface area contributed by atoms with Crippen LogP contribution >= 0.6 is 27.9 Å². The van der Waals surface area contributed by atoms with Gasteiger partial charge in [0.2, 0.25) is 0 Å². The SMILES string of the molecule is Cc1ccc(SN/N=C/c2ccc(Br)cc2)cc1. The van der Waals surface area contributed by atoms with Crippen molar-refractivity contribution in [3.63, 3.8) is 0 Å². The van der Waals surface area contributed by atoms with E-state index in [-0.39, 0.29) is 0 Å². The molecule has 0 aliphatic carbocycles. The zero-order valence-electron chi connectivity index (χ0n) is 9.93. The Balaban J connectivity index is 1.84. The van der Waals surface area contributed by atoms with Crippen LogP contribution in [-0.4, -0.2) is 6.21 Å². The lowest BCUT2D eigenvalue weighted by atomic mass is 10.2. The van der Waals surface area contributed by atoms with E-state index in [1.165, 1.54) is 17.5 Å². The van der Waals surface area contributed by atoms with Crippen molar-refractivity contribution in [1.82, 2.24) is 4.83 Å². The Morgan fingerprint density at radius 3 is 2.39 bits per heavy atom. The van der Waals surface area contributed by atoms with E-state index < -0.39 is 0 Å². The standard InChI is InChI=1S/C14H13BrN2S/c1-11-2-8-14(9-3-11)18-17-16-10-12-4-6-13(15)7-5-12/h2-10,17H,1H3/b16-10+. The first-order valence-electron chi connectivity index (χ1n) is 5.51. The highest BCUT2D eigenvalue weighted by Gasteiger charge is 1.91. The summed E-state index contributed by atoms with van der Waals surface area (Å²) in [5.74, 6) is 0. The first kappa shape index (κ1) is 13.2. The predicted octanol–water partition coefficient (Wildman–Crippen LogP) is 4.39.